The lowest BCUT2D eigenvalue weighted by molar-refractivity contribution is 0.0605. The SMILES string of the molecule is COC(=O)c1sc(NC(=O)c2ccc(S(=O)(=O)N(CC(C)C)CC(C)C)cc2)nc1C. The number of esters is 1. The lowest BCUT2D eigenvalue weighted by Crippen LogP contribution is -2.37. The molecule has 1 amide bonds. The van der Waals surface area contributed by atoms with E-state index < -0.39 is 21.9 Å². The van der Waals surface area contributed by atoms with Gasteiger partial charge in [0.25, 0.3) is 5.91 Å². The molecule has 0 saturated carbocycles. The topological polar surface area (TPSA) is 106 Å². The molecule has 0 aliphatic carbocycles. The first-order chi connectivity index (χ1) is 14.4. The first kappa shape index (κ1) is 25.0. The van der Waals surface area contributed by atoms with E-state index in [0.717, 1.165) is 11.3 Å². The number of amides is 1. The molecule has 0 saturated heterocycles. The van der Waals surface area contributed by atoms with E-state index in [4.69, 9.17) is 4.74 Å². The van der Waals surface area contributed by atoms with E-state index in [1.165, 1.54) is 35.7 Å². The minimum atomic E-state index is -3.67. The molecule has 1 N–H and O–H groups in total. The van der Waals surface area contributed by atoms with E-state index in [9.17, 15) is 18.0 Å². The van der Waals surface area contributed by atoms with Crippen molar-refractivity contribution in [3.05, 3.63) is 40.4 Å². The highest BCUT2D eigenvalue weighted by Gasteiger charge is 2.26. The van der Waals surface area contributed by atoms with Gasteiger partial charge < -0.3 is 4.74 Å². The molecule has 8 nitrogen and oxygen atoms in total. The molecule has 1 aromatic carbocycles. The van der Waals surface area contributed by atoms with Gasteiger partial charge in [-0.25, -0.2) is 18.2 Å². The second-order valence-corrected chi connectivity index (χ2v) is 11.0. The van der Waals surface area contributed by atoms with Crippen LogP contribution in [-0.2, 0) is 14.8 Å². The molecule has 2 rings (SSSR count). The minimum Gasteiger partial charge on any atom is -0.465 e. The Balaban J connectivity index is 2.20. The normalized spacial score (nSPS) is 11.9. The first-order valence-electron chi connectivity index (χ1n) is 9.93. The monoisotopic (exact) mass is 467 g/mol. The summed E-state index contributed by atoms with van der Waals surface area (Å²) in [5.74, 6) is -0.585. The Kier molecular flexibility index (Phi) is 8.33. The number of methoxy groups -OCH3 is 1. The van der Waals surface area contributed by atoms with E-state index in [-0.39, 0.29) is 27.4 Å². The van der Waals surface area contributed by atoms with Crippen molar-refractivity contribution in [2.75, 3.05) is 25.5 Å². The van der Waals surface area contributed by atoms with Crippen LogP contribution in [0.5, 0.6) is 0 Å². The van der Waals surface area contributed by atoms with Crippen LogP contribution in [-0.4, -0.2) is 49.8 Å². The van der Waals surface area contributed by atoms with Crippen molar-refractivity contribution in [1.82, 2.24) is 9.29 Å². The quantitative estimate of drug-likeness (QED) is 0.563. The number of ether oxygens (including phenoxy) is 1. The van der Waals surface area contributed by atoms with Crippen molar-refractivity contribution in [3.63, 3.8) is 0 Å². The van der Waals surface area contributed by atoms with Gasteiger partial charge in [0.05, 0.1) is 17.7 Å². The van der Waals surface area contributed by atoms with Crippen LogP contribution in [0.4, 0.5) is 5.13 Å². The predicted octanol–water partition coefficient (Wildman–Crippen LogP) is 3.79. The maximum Gasteiger partial charge on any atom is 0.350 e. The van der Waals surface area contributed by atoms with Gasteiger partial charge in [-0.15, -0.1) is 0 Å². The average molecular weight is 468 g/mol. The number of rotatable bonds is 9. The van der Waals surface area contributed by atoms with Gasteiger partial charge >= 0.3 is 5.97 Å². The number of benzene rings is 1. The van der Waals surface area contributed by atoms with Crippen molar-refractivity contribution in [2.45, 2.75) is 39.5 Å². The molecule has 0 unspecified atom stereocenters. The Morgan fingerprint density at radius 2 is 1.65 bits per heavy atom. The van der Waals surface area contributed by atoms with Crippen molar-refractivity contribution in [2.24, 2.45) is 11.8 Å². The number of thiazole rings is 1. The number of sulfonamides is 1. The van der Waals surface area contributed by atoms with Crippen molar-refractivity contribution in [3.8, 4) is 0 Å². The zero-order chi connectivity index (χ0) is 23.3. The number of aryl methyl sites for hydroxylation is 1. The molecule has 0 atom stereocenters. The van der Waals surface area contributed by atoms with Crippen LogP contribution in [0, 0.1) is 18.8 Å². The lowest BCUT2D eigenvalue weighted by Gasteiger charge is -2.25. The fourth-order valence-corrected chi connectivity index (χ4v) is 5.56. The highest BCUT2D eigenvalue weighted by molar-refractivity contribution is 7.89. The number of aromatic nitrogens is 1. The summed E-state index contributed by atoms with van der Waals surface area (Å²) in [5, 5.41) is 2.90. The average Bonchev–Trinajstić information content (AvgIpc) is 3.06. The number of hydrogen-bond acceptors (Lipinski definition) is 7. The number of nitrogens with zero attached hydrogens (tertiary/aromatic N) is 2. The smallest absolute Gasteiger partial charge is 0.350 e. The molecule has 0 aliphatic rings. The lowest BCUT2D eigenvalue weighted by atomic mass is 10.2. The summed E-state index contributed by atoms with van der Waals surface area (Å²) in [4.78, 5) is 28.9. The number of nitrogens with one attached hydrogen (secondary N) is 1. The molecule has 1 aromatic heterocycles. The summed E-state index contributed by atoms with van der Waals surface area (Å²) in [7, 11) is -2.39. The van der Waals surface area contributed by atoms with E-state index in [1.54, 1.807) is 6.92 Å². The maximum absolute atomic E-state index is 13.1. The Bertz CT molecular complexity index is 1020. The third kappa shape index (κ3) is 6.34. The molecule has 10 heteroatoms. The van der Waals surface area contributed by atoms with Gasteiger partial charge in [0.2, 0.25) is 10.0 Å². The summed E-state index contributed by atoms with van der Waals surface area (Å²) in [5.41, 5.74) is 0.745. The van der Waals surface area contributed by atoms with Gasteiger partial charge in [-0.05, 0) is 43.0 Å². The number of carbonyl (C=O) groups excluding carboxylic acids is 2. The third-order valence-electron chi connectivity index (χ3n) is 4.28. The molecule has 170 valence electrons. The van der Waals surface area contributed by atoms with Crippen LogP contribution in [0.1, 0.15) is 53.4 Å². The highest BCUT2D eigenvalue weighted by atomic mass is 32.2. The van der Waals surface area contributed by atoms with Gasteiger partial charge in [-0.3, -0.25) is 10.1 Å². The Morgan fingerprint density at radius 3 is 2.13 bits per heavy atom. The van der Waals surface area contributed by atoms with Crippen molar-refractivity contribution in [1.29, 1.82) is 0 Å². The molecule has 0 radical (unpaired) electrons. The number of hydrogen-bond donors (Lipinski definition) is 1. The predicted molar refractivity (Wildman–Crippen MR) is 121 cm³/mol. The van der Waals surface area contributed by atoms with Gasteiger partial charge in [-0.1, -0.05) is 39.0 Å². The summed E-state index contributed by atoms with van der Waals surface area (Å²) in [6, 6.07) is 5.80. The van der Waals surface area contributed by atoms with Crippen molar-refractivity contribution < 1.29 is 22.7 Å². The Hall–Kier alpha value is -2.30. The molecule has 1 heterocycles. The molecule has 0 bridgehead atoms. The third-order valence-corrected chi connectivity index (χ3v) is 7.18. The molecular formula is C21H29N3O5S2. The van der Waals surface area contributed by atoms with Gasteiger partial charge in [0.1, 0.15) is 4.88 Å². The van der Waals surface area contributed by atoms with Crippen LogP contribution in [0.15, 0.2) is 29.2 Å². The molecule has 2 aromatic rings. The van der Waals surface area contributed by atoms with Gasteiger partial charge in [0.15, 0.2) is 5.13 Å². The molecule has 0 spiro atoms. The summed E-state index contributed by atoms with van der Waals surface area (Å²) in [6.07, 6.45) is 0. The van der Waals surface area contributed by atoms with Crippen LogP contribution in [0.25, 0.3) is 0 Å². The second kappa shape index (κ2) is 10.3. The van der Waals surface area contributed by atoms with E-state index in [1.807, 2.05) is 27.7 Å². The van der Waals surface area contributed by atoms with Crippen LogP contribution < -0.4 is 5.32 Å². The molecular weight excluding hydrogens is 438 g/mol. The fraction of sp³-hybridized carbons (Fsp3) is 0.476. The van der Waals surface area contributed by atoms with Gasteiger partial charge in [-0.2, -0.15) is 4.31 Å². The van der Waals surface area contributed by atoms with Crippen LogP contribution in [0.2, 0.25) is 0 Å². The van der Waals surface area contributed by atoms with Gasteiger partial charge in [0, 0.05) is 18.7 Å². The van der Waals surface area contributed by atoms with E-state index >= 15 is 0 Å². The second-order valence-electron chi connectivity index (χ2n) is 8.01. The van der Waals surface area contributed by atoms with Crippen LogP contribution in [0.3, 0.4) is 0 Å². The van der Waals surface area contributed by atoms with Crippen LogP contribution >= 0.6 is 11.3 Å². The summed E-state index contributed by atoms with van der Waals surface area (Å²) >= 11 is 1.02. The number of carbonyl (C=O) groups is 2. The van der Waals surface area contributed by atoms with E-state index in [0.29, 0.717) is 23.7 Å². The largest absolute Gasteiger partial charge is 0.465 e. The molecule has 31 heavy (non-hydrogen) atoms. The minimum absolute atomic E-state index is 0.142. The zero-order valence-corrected chi connectivity index (χ0v) is 20.3. The van der Waals surface area contributed by atoms with E-state index in [2.05, 4.69) is 10.3 Å². The maximum atomic E-state index is 13.1. The number of anilines is 1. The molecule has 0 aliphatic heterocycles. The summed E-state index contributed by atoms with van der Waals surface area (Å²) < 4.78 is 32.3. The Labute approximate surface area is 187 Å². The molecule has 0 fully saturated rings. The first-order valence-corrected chi connectivity index (χ1v) is 12.2. The van der Waals surface area contributed by atoms with Crippen molar-refractivity contribution >= 4 is 38.4 Å². The standard InChI is InChI=1S/C21H29N3O5S2/c1-13(2)11-24(12-14(3)4)31(27,28)17-9-7-16(8-10-17)19(25)23-21-22-15(5)18(30-21)20(26)29-6/h7-10,13-14H,11-12H2,1-6H3,(H,22,23,25). The Morgan fingerprint density at radius 1 is 1.10 bits per heavy atom. The highest BCUT2D eigenvalue weighted by Crippen LogP contribution is 2.24. The zero-order valence-electron chi connectivity index (χ0n) is 18.6. The summed E-state index contributed by atoms with van der Waals surface area (Å²) in [6.45, 7) is 10.4. The fourth-order valence-electron chi connectivity index (χ4n) is 2.91.